The first kappa shape index (κ1) is 15.5. The SMILES string of the molecule is CC(C)(C)OC(=O)N1CCN2c3ccc(Br)cc3NCC2C1. The Kier molecular flexibility index (Phi) is 3.97. The van der Waals surface area contributed by atoms with E-state index in [4.69, 9.17) is 4.74 Å². The number of benzene rings is 1. The third-order valence-corrected chi connectivity index (χ3v) is 4.42. The molecule has 2 heterocycles. The lowest BCUT2D eigenvalue weighted by Crippen LogP contribution is -2.59. The van der Waals surface area contributed by atoms with E-state index in [9.17, 15) is 4.79 Å². The summed E-state index contributed by atoms with van der Waals surface area (Å²) in [4.78, 5) is 16.4. The van der Waals surface area contributed by atoms with Gasteiger partial charge in [-0.25, -0.2) is 4.79 Å². The van der Waals surface area contributed by atoms with E-state index in [1.54, 1.807) is 0 Å². The fourth-order valence-corrected chi connectivity index (χ4v) is 3.33. The van der Waals surface area contributed by atoms with Crippen molar-refractivity contribution in [1.29, 1.82) is 0 Å². The number of ether oxygens (including phenoxy) is 1. The number of nitrogens with one attached hydrogen (secondary N) is 1. The van der Waals surface area contributed by atoms with Crippen molar-refractivity contribution in [2.45, 2.75) is 32.4 Å². The average molecular weight is 368 g/mol. The van der Waals surface area contributed by atoms with Crippen LogP contribution in [-0.4, -0.2) is 48.8 Å². The lowest BCUT2D eigenvalue weighted by Gasteiger charge is -2.46. The first-order chi connectivity index (χ1) is 10.3. The Bertz CT molecular complexity index is 585. The Morgan fingerprint density at radius 1 is 1.36 bits per heavy atom. The van der Waals surface area contributed by atoms with Gasteiger partial charge in [0.25, 0.3) is 0 Å². The minimum atomic E-state index is -0.447. The number of carbonyl (C=O) groups is 1. The van der Waals surface area contributed by atoms with Gasteiger partial charge >= 0.3 is 6.09 Å². The van der Waals surface area contributed by atoms with Gasteiger partial charge in [-0.2, -0.15) is 0 Å². The smallest absolute Gasteiger partial charge is 0.410 e. The molecule has 0 radical (unpaired) electrons. The predicted molar refractivity (Wildman–Crippen MR) is 91.6 cm³/mol. The number of amides is 1. The number of anilines is 2. The second kappa shape index (κ2) is 5.65. The molecule has 1 aromatic carbocycles. The lowest BCUT2D eigenvalue weighted by atomic mass is 10.1. The minimum Gasteiger partial charge on any atom is -0.444 e. The van der Waals surface area contributed by atoms with E-state index >= 15 is 0 Å². The standard InChI is InChI=1S/C16H22BrN3O2/c1-16(2,3)22-15(21)19-6-7-20-12(10-19)9-18-13-8-11(17)4-5-14(13)20/h4-5,8,12,18H,6-7,9-10H2,1-3H3. The molecule has 5 nitrogen and oxygen atoms in total. The van der Waals surface area contributed by atoms with Gasteiger partial charge in [-0.1, -0.05) is 15.9 Å². The molecular formula is C16H22BrN3O2. The second-order valence-corrected chi connectivity index (χ2v) is 7.73. The van der Waals surface area contributed by atoms with Gasteiger partial charge in [0.1, 0.15) is 5.60 Å². The summed E-state index contributed by atoms with van der Waals surface area (Å²) in [7, 11) is 0. The number of fused-ring (bicyclic) bond motifs is 3. The van der Waals surface area contributed by atoms with Crippen molar-refractivity contribution in [1.82, 2.24) is 4.90 Å². The molecule has 1 N–H and O–H groups in total. The van der Waals surface area contributed by atoms with Crippen molar-refractivity contribution in [2.24, 2.45) is 0 Å². The molecule has 0 aromatic heterocycles. The number of halogens is 1. The Morgan fingerprint density at radius 2 is 2.14 bits per heavy atom. The molecule has 120 valence electrons. The van der Waals surface area contributed by atoms with E-state index in [0.717, 1.165) is 23.2 Å². The van der Waals surface area contributed by atoms with Crippen LogP contribution in [0.4, 0.5) is 16.2 Å². The number of carbonyl (C=O) groups excluding carboxylic acids is 1. The first-order valence-electron chi connectivity index (χ1n) is 7.61. The average Bonchev–Trinajstić information content (AvgIpc) is 2.44. The molecule has 3 rings (SSSR count). The summed E-state index contributed by atoms with van der Waals surface area (Å²) in [5.74, 6) is 0. The van der Waals surface area contributed by atoms with Crippen LogP contribution in [0.1, 0.15) is 20.8 Å². The zero-order valence-corrected chi connectivity index (χ0v) is 14.8. The summed E-state index contributed by atoms with van der Waals surface area (Å²) < 4.78 is 6.56. The van der Waals surface area contributed by atoms with E-state index < -0.39 is 5.60 Å². The van der Waals surface area contributed by atoms with Crippen LogP contribution in [0, 0.1) is 0 Å². The molecule has 2 aliphatic rings. The van der Waals surface area contributed by atoms with Crippen LogP contribution in [0.3, 0.4) is 0 Å². The van der Waals surface area contributed by atoms with Crippen molar-refractivity contribution >= 4 is 33.4 Å². The molecule has 2 aliphatic heterocycles. The van der Waals surface area contributed by atoms with Crippen LogP contribution in [0.5, 0.6) is 0 Å². The summed E-state index contributed by atoms with van der Waals surface area (Å²) >= 11 is 3.51. The summed E-state index contributed by atoms with van der Waals surface area (Å²) in [6.07, 6.45) is -0.214. The quantitative estimate of drug-likeness (QED) is 0.763. The Hall–Kier alpha value is -1.43. The molecule has 6 heteroatoms. The van der Waals surface area contributed by atoms with Crippen molar-refractivity contribution in [2.75, 3.05) is 36.4 Å². The van der Waals surface area contributed by atoms with Crippen molar-refractivity contribution in [3.05, 3.63) is 22.7 Å². The van der Waals surface area contributed by atoms with Gasteiger partial charge in [0, 0.05) is 30.7 Å². The summed E-state index contributed by atoms with van der Waals surface area (Å²) in [6, 6.07) is 6.58. The molecule has 1 atom stereocenters. The third kappa shape index (κ3) is 3.16. The predicted octanol–water partition coefficient (Wildman–Crippen LogP) is 3.30. The zero-order chi connectivity index (χ0) is 15.9. The topological polar surface area (TPSA) is 44.8 Å². The van der Waals surface area contributed by atoms with E-state index in [-0.39, 0.29) is 12.1 Å². The normalized spacial score (nSPS) is 20.8. The number of nitrogens with zero attached hydrogens (tertiary/aromatic N) is 2. The molecule has 22 heavy (non-hydrogen) atoms. The van der Waals surface area contributed by atoms with Gasteiger partial charge in [-0.3, -0.25) is 0 Å². The number of hydrogen-bond donors (Lipinski definition) is 1. The van der Waals surface area contributed by atoms with Crippen LogP contribution in [0.2, 0.25) is 0 Å². The zero-order valence-electron chi connectivity index (χ0n) is 13.2. The van der Waals surface area contributed by atoms with Gasteiger partial charge in [0.15, 0.2) is 0 Å². The molecule has 0 saturated carbocycles. The molecular weight excluding hydrogens is 346 g/mol. The van der Waals surface area contributed by atoms with E-state index in [1.807, 2.05) is 25.7 Å². The van der Waals surface area contributed by atoms with Gasteiger partial charge in [-0.05, 0) is 39.0 Å². The second-order valence-electron chi connectivity index (χ2n) is 6.82. The minimum absolute atomic E-state index is 0.214. The maximum absolute atomic E-state index is 12.2. The fraction of sp³-hybridized carbons (Fsp3) is 0.562. The highest BCUT2D eigenvalue weighted by atomic mass is 79.9. The highest BCUT2D eigenvalue weighted by Crippen LogP contribution is 2.35. The number of rotatable bonds is 0. The molecule has 0 bridgehead atoms. The molecule has 0 aliphatic carbocycles. The maximum Gasteiger partial charge on any atom is 0.410 e. The van der Waals surface area contributed by atoms with Gasteiger partial charge in [0.2, 0.25) is 0 Å². The summed E-state index contributed by atoms with van der Waals surface area (Å²) in [5, 5.41) is 3.46. The Balaban J connectivity index is 1.71. The van der Waals surface area contributed by atoms with Crippen LogP contribution < -0.4 is 10.2 Å². The van der Waals surface area contributed by atoms with Gasteiger partial charge in [-0.15, -0.1) is 0 Å². The molecule has 1 unspecified atom stereocenters. The van der Waals surface area contributed by atoms with Crippen molar-refractivity contribution < 1.29 is 9.53 Å². The molecule has 1 fully saturated rings. The highest BCUT2D eigenvalue weighted by molar-refractivity contribution is 9.10. The third-order valence-electron chi connectivity index (χ3n) is 3.93. The maximum atomic E-state index is 12.2. The fourth-order valence-electron chi connectivity index (χ4n) is 2.97. The van der Waals surface area contributed by atoms with E-state index in [2.05, 4.69) is 44.3 Å². The number of piperazine rings is 1. The molecule has 1 amide bonds. The lowest BCUT2D eigenvalue weighted by molar-refractivity contribution is 0.0217. The highest BCUT2D eigenvalue weighted by Gasteiger charge is 2.34. The number of hydrogen-bond acceptors (Lipinski definition) is 4. The first-order valence-corrected chi connectivity index (χ1v) is 8.41. The largest absolute Gasteiger partial charge is 0.444 e. The van der Waals surface area contributed by atoms with Crippen LogP contribution in [0.15, 0.2) is 22.7 Å². The Morgan fingerprint density at radius 3 is 2.86 bits per heavy atom. The van der Waals surface area contributed by atoms with Crippen LogP contribution in [0.25, 0.3) is 0 Å². The van der Waals surface area contributed by atoms with Crippen LogP contribution in [-0.2, 0) is 4.74 Å². The summed E-state index contributed by atoms with van der Waals surface area (Å²) in [6.45, 7) is 8.76. The molecule has 1 aromatic rings. The van der Waals surface area contributed by atoms with Crippen molar-refractivity contribution in [3.8, 4) is 0 Å². The van der Waals surface area contributed by atoms with E-state index in [0.29, 0.717) is 13.1 Å². The van der Waals surface area contributed by atoms with Gasteiger partial charge < -0.3 is 19.9 Å². The van der Waals surface area contributed by atoms with Crippen LogP contribution >= 0.6 is 15.9 Å². The Labute approximate surface area is 139 Å². The molecule has 0 spiro atoms. The van der Waals surface area contributed by atoms with Crippen molar-refractivity contribution in [3.63, 3.8) is 0 Å². The molecule has 1 saturated heterocycles. The van der Waals surface area contributed by atoms with E-state index in [1.165, 1.54) is 5.69 Å². The summed E-state index contributed by atoms with van der Waals surface area (Å²) in [5.41, 5.74) is 1.91. The van der Waals surface area contributed by atoms with Gasteiger partial charge in [0.05, 0.1) is 17.4 Å². The monoisotopic (exact) mass is 367 g/mol.